The normalized spacial score (nSPS) is 37.4. The molecule has 0 amide bonds. The largest absolute Gasteiger partial charge is 0.380 e. The van der Waals surface area contributed by atoms with E-state index in [1.54, 1.807) is 6.26 Å². The maximum absolute atomic E-state index is 11.0. The minimum absolute atomic E-state index is 0.0498. The van der Waals surface area contributed by atoms with Crippen molar-refractivity contribution in [1.82, 2.24) is 0 Å². The number of hydrogen-bond acceptors (Lipinski definition) is 3. The van der Waals surface area contributed by atoms with E-state index in [4.69, 9.17) is 10.5 Å². The lowest BCUT2D eigenvalue weighted by molar-refractivity contribution is 0.0905. The van der Waals surface area contributed by atoms with Crippen molar-refractivity contribution in [2.24, 2.45) is 5.73 Å². The second kappa shape index (κ2) is 3.46. The lowest BCUT2D eigenvalue weighted by atomic mass is 10.1. The van der Waals surface area contributed by atoms with E-state index in [0.717, 1.165) is 13.0 Å². The average molecular weight is 163 g/mol. The average Bonchev–Trinajstić information content (AvgIpc) is 1.88. The van der Waals surface area contributed by atoms with Crippen LogP contribution in [0.15, 0.2) is 0 Å². The molecule has 60 valence electrons. The summed E-state index contributed by atoms with van der Waals surface area (Å²) in [6.45, 7) is 1.28. The molecular formula is C6H13NO2S. The van der Waals surface area contributed by atoms with Gasteiger partial charge in [0.15, 0.2) is 0 Å². The molecule has 0 bridgehead atoms. The molecule has 10 heavy (non-hydrogen) atoms. The molecule has 1 rings (SSSR count). The number of ether oxygens (including phenoxy) is 1. The van der Waals surface area contributed by atoms with Gasteiger partial charge in [-0.2, -0.15) is 0 Å². The summed E-state index contributed by atoms with van der Waals surface area (Å²) in [7, 11) is -0.832. The molecular weight excluding hydrogens is 150 g/mol. The zero-order valence-electron chi connectivity index (χ0n) is 6.08. The fraction of sp³-hybridized carbons (Fsp3) is 1.00. The summed E-state index contributed by atoms with van der Waals surface area (Å²) < 4.78 is 16.1. The van der Waals surface area contributed by atoms with E-state index in [2.05, 4.69) is 0 Å². The molecule has 0 aromatic carbocycles. The molecule has 0 aromatic heterocycles. The standard InChI is InChI=1S/C6H13NO2S/c1-10(8)6-4-9-3-2-5(6)7/h5-6H,2-4,7H2,1H3. The smallest absolute Gasteiger partial charge is 0.0730 e. The maximum atomic E-state index is 11.0. The zero-order valence-corrected chi connectivity index (χ0v) is 6.89. The number of hydrogen-bond donors (Lipinski definition) is 1. The lowest BCUT2D eigenvalue weighted by Crippen LogP contribution is -2.45. The first-order valence-electron chi connectivity index (χ1n) is 3.37. The third-order valence-electron chi connectivity index (χ3n) is 1.78. The van der Waals surface area contributed by atoms with Crippen molar-refractivity contribution in [3.8, 4) is 0 Å². The van der Waals surface area contributed by atoms with E-state index >= 15 is 0 Å². The third kappa shape index (κ3) is 1.78. The molecule has 1 saturated heterocycles. The summed E-state index contributed by atoms with van der Waals surface area (Å²) in [5, 5.41) is 0.0498. The van der Waals surface area contributed by atoms with Gasteiger partial charge in [0.05, 0.1) is 11.9 Å². The molecule has 2 N–H and O–H groups in total. The highest BCUT2D eigenvalue weighted by molar-refractivity contribution is 7.85. The fourth-order valence-corrected chi connectivity index (χ4v) is 1.99. The van der Waals surface area contributed by atoms with Crippen molar-refractivity contribution in [2.45, 2.75) is 17.7 Å². The molecule has 4 heteroatoms. The molecule has 3 unspecified atom stereocenters. The molecule has 0 spiro atoms. The molecule has 0 aliphatic carbocycles. The van der Waals surface area contributed by atoms with Crippen LogP contribution in [0, 0.1) is 0 Å². The van der Waals surface area contributed by atoms with Crippen LogP contribution in [0.3, 0.4) is 0 Å². The van der Waals surface area contributed by atoms with Gasteiger partial charge < -0.3 is 10.5 Å². The Morgan fingerprint density at radius 3 is 2.80 bits per heavy atom. The van der Waals surface area contributed by atoms with Crippen LogP contribution in [0.4, 0.5) is 0 Å². The monoisotopic (exact) mass is 163 g/mol. The van der Waals surface area contributed by atoms with Crippen molar-refractivity contribution in [1.29, 1.82) is 0 Å². The first-order chi connectivity index (χ1) is 4.72. The van der Waals surface area contributed by atoms with Gasteiger partial charge in [-0.25, -0.2) is 0 Å². The summed E-state index contributed by atoms with van der Waals surface area (Å²) in [4.78, 5) is 0. The molecule has 3 nitrogen and oxygen atoms in total. The molecule has 3 atom stereocenters. The Kier molecular flexibility index (Phi) is 2.82. The van der Waals surface area contributed by atoms with Crippen LogP contribution in [0.1, 0.15) is 6.42 Å². The summed E-state index contributed by atoms with van der Waals surface area (Å²) in [6, 6.07) is 0.0691. The van der Waals surface area contributed by atoms with Gasteiger partial charge in [0.25, 0.3) is 0 Å². The van der Waals surface area contributed by atoms with Gasteiger partial charge in [0.1, 0.15) is 0 Å². The summed E-state index contributed by atoms with van der Waals surface area (Å²) in [5.74, 6) is 0. The first kappa shape index (κ1) is 8.17. The molecule has 0 aromatic rings. The minimum atomic E-state index is -0.832. The Morgan fingerprint density at radius 1 is 1.70 bits per heavy atom. The Balaban J connectivity index is 2.47. The SMILES string of the molecule is CS(=O)C1COCCC1N. The molecule has 0 radical (unpaired) electrons. The molecule has 0 saturated carbocycles. The lowest BCUT2D eigenvalue weighted by Gasteiger charge is -2.26. The van der Waals surface area contributed by atoms with Crippen molar-refractivity contribution < 1.29 is 8.95 Å². The highest BCUT2D eigenvalue weighted by Crippen LogP contribution is 2.09. The highest BCUT2D eigenvalue weighted by atomic mass is 32.2. The van der Waals surface area contributed by atoms with E-state index in [-0.39, 0.29) is 11.3 Å². The van der Waals surface area contributed by atoms with Crippen LogP contribution >= 0.6 is 0 Å². The van der Waals surface area contributed by atoms with Crippen LogP contribution in [-0.2, 0) is 15.5 Å². The topological polar surface area (TPSA) is 52.3 Å². The third-order valence-corrected chi connectivity index (χ3v) is 3.12. The van der Waals surface area contributed by atoms with Gasteiger partial charge in [0.2, 0.25) is 0 Å². The van der Waals surface area contributed by atoms with Gasteiger partial charge in [-0.1, -0.05) is 0 Å². The molecule has 1 heterocycles. The predicted molar refractivity (Wildman–Crippen MR) is 41.3 cm³/mol. The minimum Gasteiger partial charge on any atom is -0.380 e. The van der Waals surface area contributed by atoms with Gasteiger partial charge in [-0.15, -0.1) is 0 Å². The van der Waals surface area contributed by atoms with E-state index in [1.165, 1.54) is 0 Å². The molecule has 1 fully saturated rings. The van der Waals surface area contributed by atoms with Crippen LogP contribution in [-0.4, -0.2) is 35.0 Å². The van der Waals surface area contributed by atoms with Crippen molar-refractivity contribution in [3.05, 3.63) is 0 Å². The second-order valence-electron chi connectivity index (χ2n) is 2.56. The van der Waals surface area contributed by atoms with Crippen molar-refractivity contribution in [3.63, 3.8) is 0 Å². The highest BCUT2D eigenvalue weighted by Gasteiger charge is 2.25. The quantitative estimate of drug-likeness (QED) is 0.566. The molecule has 1 aliphatic rings. The van der Waals surface area contributed by atoms with Gasteiger partial charge in [-0.3, -0.25) is 4.21 Å². The zero-order chi connectivity index (χ0) is 7.56. The van der Waals surface area contributed by atoms with Gasteiger partial charge in [-0.05, 0) is 6.42 Å². The van der Waals surface area contributed by atoms with Crippen molar-refractivity contribution >= 4 is 10.8 Å². The van der Waals surface area contributed by atoms with Crippen LogP contribution in [0.2, 0.25) is 0 Å². The number of rotatable bonds is 1. The fourth-order valence-electron chi connectivity index (χ4n) is 1.07. The van der Waals surface area contributed by atoms with Crippen LogP contribution in [0.25, 0.3) is 0 Å². The Morgan fingerprint density at radius 2 is 2.40 bits per heavy atom. The van der Waals surface area contributed by atoms with E-state index in [9.17, 15) is 4.21 Å². The Labute approximate surface area is 63.4 Å². The second-order valence-corrected chi connectivity index (χ2v) is 4.17. The summed E-state index contributed by atoms with van der Waals surface area (Å²) in [5.41, 5.74) is 5.71. The van der Waals surface area contributed by atoms with Crippen LogP contribution < -0.4 is 5.73 Å². The Hall–Kier alpha value is 0.0700. The summed E-state index contributed by atoms with van der Waals surface area (Å²) >= 11 is 0. The summed E-state index contributed by atoms with van der Waals surface area (Å²) in [6.07, 6.45) is 2.52. The van der Waals surface area contributed by atoms with Crippen molar-refractivity contribution in [2.75, 3.05) is 19.5 Å². The molecule has 1 aliphatic heterocycles. The van der Waals surface area contributed by atoms with E-state index < -0.39 is 10.8 Å². The first-order valence-corrected chi connectivity index (χ1v) is 4.99. The van der Waals surface area contributed by atoms with Gasteiger partial charge >= 0.3 is 0 Å². The van der Waals surface area contributed by atoms with Gasteiger partial charge in [0, 0.05) is 29.7 Å². The predicted octanol–water partition coefficient (Wildman–Crippen LogP) is -0.519. The van der Waals surface area contributed by atoms with Crippen LogP contribution in [0.5, 0.6) is 0 Å². The van der Waals surface area contributed by atoms with E-state index in [1.807, 2.05) is 0 Å². The van der Waals surface area contributed by atoms with E-state index in [0.29, 0.717) is 6.61 Å². The number of nitrogens with two attached hydrogens (primary N) is 1. The maximum Gasteiger partial charge on any atom is 0.0730 e. The Bertz CT molecular complexity index is 140.